The second-order valence-corrected chi connectivity index (χ2v) is 4.10. The molecule has 0 aliphatic heterocycles. The summed E-state index contributed by atoms with van der Waals surface area (Å²) >= 11 is 0. The molecule has 0 fully saturated rings. The summed E-state index contributed by atoms with van der Waals surface area (Å²) in [6, 6.07) is 6.50. The molecule has 0 aliphatic carbocycles. The molecule has 0 unspecified atom stereocenters. The first-order valence-corrected chi connectivity index (χ1v) is 5.63. The van der Waals surface area contributed by atoms with Gasteiger partial charge in [-0.25, -0.2) is 4.79 Å². The zero-order chi connectivity index (χ0) is 14.0. The van der Waals surface area contributed by atoms with E-state index in [4.69, 9.17) is 4.42 Å². The van der Waals surface area contributed by atoms with Crippen molar-refractivity contribution in [1.82, 2.24) is 0 Å². The molecule has 100 valence electrons. The van der Waals surface area contributed by atoms with Crippen LogP contribution < -0.4 is 10.9 Å². The molecule has 1 aromatic carbocycles. The first-order valence-electron chi connectivity index (χ1n) is 5.63. The monoisotopic (exact) mass is 264 g/mol. The molecule has 1 aromatic heterocycles. The summed E-state index contributed by atoms with van der Waals surface area (Å²) in [7, 11) is 0. The molecule has 2 rings (SSSR count). The molecule has 2 N–H and O–H groups in total. The third kappa shape index (κ3) is 2.55. The minimum Gasteiger partial charge on any atom is -0.418 e. The maximum atomic E-state index is 11.6. The van der Waals surface area contributed by atoms with Crippen LogP contribution in [0.1, 0.15) is 6.92 Å². The number of rotatable bonds is 4. The highest BCUT2D eigenvalue weighted by Crippen LogP contribution is 2.29. The van der Waals surface area contributed by atoms with Crippen LogP contribution in [0.15, 0.2) is 33.5 Å². The van der Waals surface area contributed by atoms with E-state index in [1.54, 1.807) is 24.3 Å². The number of nitrogens with zero attached hydrogens (tertiary/aromatic N) is 1. The zero-order valence-corrected chi connectivity index (χ0v) is 10.1. The number of anilines is 1. The van der Waals surface area contributed by atoms with E-state index in [1.807, 2.05) is 0 Å². The molecule has 7 nitrogen and oxygen atoms in total. The number of aliphatic hydroxyl groups is 1. The van der Waals surface area contributed by atoms with Gasteiger partial charge < -0.3 is 14.8 Å². The van der Waals surface area contributed by atoms with E-state index >= 15 is 0 Å². The molecule has 0 amide bonds. The average molecular weight is 264 g/mol. The molecule has 0 saturated carbocycles. The van der Waals surface area contributed by atoms with Crippen molar-refractivity contribution in [2.24, 2.45) is 0 Å². The van der Waals surface area contributed by atoms with E-state index in [2.05, 4.69) is 5.32 Å². The van der Waals surface area contributed by atoms with Gasteiger partial charge in [0.05, 0.1) is 11.0 Å². The van der Waals surface area contributed by atoms with Crippen LogP contribution in [-0.2, 0) is 0 Å². The summed E-state index contributed by atoms with van der Waals surface area (Å²) in [4.78, 5) is 21.8. The topological polar surface area (TPSA) is 106 Å². The van der Waals surface area contributed by atoms with Gasteiger partial charge in [-0.2, -0.15) is 0 Å². The Morgan fingerprint density at radius 3 is 2.79 bits per heavy atom. The second-order valence-electron chi connectivity index (χ2n) is 4.10. The SMILES string of the molecule is C[C@H](O)CNc1c([N+](=O)[O-])c(=O)oc2ccccc12. The Morgan fingerprint density at radius 2 is 2.16 bits per heavy atom. The highest BCUT2D eigenvalue weighted by molar-refractivity contribution is 5.94. The lowest BCUT2D eigenvalue weighted by Crippen LogP contribution is -2.18. The van der Waals surface area contributed by atoms with Crippen molar-refractivity contribution in [3.63, 3.8) is 0 Å². The van der Waals surface area contributed by atoms with Gasteiger partial charge in [-0.1, -0.05) is 12.1 Å². The molecule has 7 heteroatoms. The number of aliphatic hydroxyl groups excluding tert-OH is 1. The van der Waals surface area contributed by atoms with E-state index < -0.39 is 22.3 Å². The Morgan fingerprint density at radius 1 is 1.47 bits per heavy atom. The number of hydrogen-bond acceptors (Lipinski definition) is 6. The molecule has 0 radical (unpaired) electrons. The molecular formula is C12H12N2O5. The van der Waals surface area contributed by atoms with Crippen LogP contribution in [-0.4, -0.2) is 22.7 Å². The normalized spacial score (nSPS) is 12.3. The third-order valence-corrected chi connectivity index (χ3v) is 2.55. The molecule has 19 heavy (non-hydrogen) atoms. The number of hydrogen-bond donors (Lipinski definition) is 2. The largest absolute Gasteiger partial charge is 0.418 e. The van der Waals surface area contributed by atoms with Crippen LogP contribution >= 0.6 is 0 Å². The lowest BCUT2D eigenvalue weighted by Gasteiger charge is -2.10. The molecule has 0 bridgehead atoms. The number of nitrogens with one attached hydrogen (secondary N) is 1. The van der Waals surface area contributed by atoms with Gasteiger partial charge in [0.1, 0.15) is 11.3 Å². The molecule has 2 aromatic rings. The number of fused-ring (bicyclic) bond motifs is 1. The summed E-state index contributed by atoms with van der Waals surface area (Å²) in [5.41, 5.74) is -1.35. The first kappa shape index (κ1) is 13.0. The summed E-state index contributed by atoms with van der Waals surface area (Å²) in [6.45, 7) is 1.63. The van der Waals surface area contributed by atoms with E-state index in [9.17, 15) is 20.0 Å². The summed E-state index contributed by atoms with van der Waals surface area (Å²) in [5.74, 6) is 0. The van der Waals surface area contributed by atoms with Crippen molar-refractivity contribution in [3.05, 3.63) is 44.8 Å². The summed E-state index contributed by atoms with van der Waals surface area (Å²) in [5, 5.41) is 23.4. The maximum Gasteiger partial charge on any atom is 0.417 e. The van der Waals surface area contributed by atoms with Gasteiger partial charge in [0.25, 0.3) is 0 Å². The fraction of sp³-hybridized carbons (Fsp3) is 0.250. The van der Waals surface area contributed by atoms with Gasteiger partial charge in [0, 0.05) is 11.9 Å². The first-order chi connectivity index (χ1) is 9.00. The van der Waals surface area contributed by atoms with Gasteiger partial charge in [-0.05, 0) is 19.1 Å². The van der Waals surface area contributed by atoms with E-state index in [-0.39, 0.29) is 17.8 Å². The fourth-order valence-electron chi connectivity index (χ4n) is 1.73. The van der Waals surface area contributed by atoms with Crippen molar-refractivity contribution < 1.29 is 14.4 Å². The van der Waals surface area contributed by atoms with Crippen molar-refractivity contribution in [1.29, 1.82) is 0 Å². The number of benzene rings is 1. The van der Waals surface area contributed by atoms with Crippen LogP contribution in [0.2, 0.25) is 0 Å². The Balaban J connectivity index is 2.69. The molecule has 0 saturated heterocycles. The van der Waals surface area contributed by atoms with Gasteiger partial charge >= 0.3 is 11.3 Å². The zero-order valence-electron chi connectivity index (χ0n) is 10.1. The van der Waals surface area contributed by atoms with Gasteiger partial charge in [0.15, 0.2) is 0 Å². The highest BCUT2D eigenvalue weighted by atomic mass is 16.6. The van der Waals surface area contributed by atoms with Crippen LogP contribution in [0, 0.1) is 10.1 Å². The Hall–Kier alpha value is -2.41. The fourth-order valence-corrected chi connectivity index (χ4v) is 1.73. The lowest BCUT2D eigenvalue weighted by molar-refractivity contribution is -0.386. The van der Waals surface area contributed by atoms with Crippen molar-refractivity contribution in [2.45, 2.75) is 13.0 Å². The second kappa shape index (κ2) is 5.07. The van der Waals surface area contributed by atoms with Crippen molar-refractivity contribution in [3.8, 4) is 0 Å². The van der Waals surface area contributed by atoms with Gasteiger partial charge in [0.2, 0.25) is 0 Å². The smallest absolute Gasteiger partial charge is 0.417 e. The number of para-hydroxylation sites is 1. The van der Waals surface area contributed by atoms with Gasteiger partial charge in [-0.3, -0.25) is 10.1 Å². The Labute approximate surface area is 107 Å². The standard InChI is InChI=1S/C12H12N2O5/c1-7(15)6-13-10-8-4-2-3-5-9(8)19-12(16)11(10)14(17)18/h2-5,7,13,15H,6H2,1H3/t7-/m0/s1. The van der Waals surface area contributed by atoms with Crippen LogP contribution in [0.5, 0.6) is 0 Å². The Bertz CT molecular complexity index is 677. The van der Waals surface area contributed by atoms with Crippen LogP contribution in [0.4, 0.5) is 11.4 Å². The molecule has 0 aliphatic rings. The molecular weight excluding hydrogens is 252 g/mol. The predicted molar refractivity (Wildman–Crippen MR) is 69.3 cm³/mol. The van der Waals surface area contributed by atoms with E-state index in [0.717, 1.165) is 0 Å². The molecule has 1 atom stereocenters. The van der Waals surface area contributed by atoms with Crippen LogP contribution in [0.25, 0.3) is 11.0 Å². The Kier molecular flexibility index (Phi) is 3.48. The van der Waals surface area contributed by atoms with E-state index in [1.165, 1.54) is 6.92 Å². The van der Waals surface area contributed by atoms with Crippen molar-refractivity contribution >= 4 is 22.3 Å². The average Bonchev–Trinajstić information content (AvgIpc) is 2.34. The van der Waals surface area contributed by atoms with Crippen LogP contribution in [0.3, 0.4) is 0 Å². The highest BCUT2D eigenvalue weighted by Gasteiger charge is 2.24. The lowest BCUT2D eigenvalue weighted by atomic mass is 10.2. The number of nitro groups is 1. The minimum atomic E-state index is -1.02. The summed E-state index contributed by atoms with van der Waals surface area (Å²) in [6.07, 6.45) is -0.703. The molecule has 1 heterocycles. The molecule has 0 spiro atoms. The van der Waals surface area contributed by atoms with Crippen molar-refractivity contribution in [2.75, 3.05) is 11.9 Å². The quantitative estimate of drug-likeness (QED) is 0.492. The van der Waals surface area contributed by atoms with Gasteiger partial charge in [-0.15, -0.1) is 0 Å². The van der Waals surface area contributed by atoms with E-state index in [0.29, 0.717) is 5.39 Å². The summed E-state index contributed by atoms with van der Waals surface area (Å²) < 4.78 is 4.90. The predicted octanol–water partition coefficient (Wildman–Crippen LogP) is 1.49. The maximum absolute atomic E-state index is 11.6. The third-order valence-electron chi connectivity index (χ3n) is 2.55. The minimum absolute atomic E-state index is 0.0674.